The molecule has 0 amide bonds. The minimum Gasteiger partial charge on any atom is -0.507 e. The molecule has 0 unspecified atom stereocenters. The van der Waals surface area contributed by atoms with Gasteiger partial charge in [-0.2, -0.15) is 13.2 Å². The lowest BCUT2D eigenvalue weighted by Crippen LogP contribution is -2.13. The monoisotopic (exact) mass is 358 g/mol. The average molecular weight is 359 g/mol. The number of hydrogen-bond acceptors (Lipinski definition) is 4. The maximum absolute atomic E-state index is 13.0. The van der Waals surface area contributed by atoms with Gasteiger partial charge >= 0.3 is 11.8 Å². The second-order valence-corrected chi connectivity index (χ2v) is 5.21. The standard InChI is InChI=1S/C16H10ClF3O4/c1-8-7-12(22)13(15(23)24-8)11(21)6-5-9-3-2-4-10(17)14(9)16(18,19)20/h2-7,22H,1H3/b6-5+. The number of hydrogen-bond donors (Lipinski definition) is 1. The van der Waals surface area contributed by atoms with Crippen molar-refractivity contribution in [3.63, 3.8) is 0 Å². The summed E-state index contributed by atoms with van der Waals surface area (Å²) in [5.41, 5.74) is -3.19. The van der Waals surface area contributed by atoms with Crippen molar-refractivity contribution in [3.8, 4) is 5.75 Å². The van der Waals surface area contributed by atoms with E-state index in [0.717, 1.165) is 30.4 Å². The third kappa shape index (κ3) is 3.68. The van der Waals surface area contributed by atoms with Crippen molar-refractivity contribution >= 4 is 23.5 Å². The fourth-order valence-electron chi connectivity index (χ4n) is 2.05. The molecule has 0 aliphatic carbocycles. The van der Waals surface area contributed by atoms with E-state index in [2.05, 4.69) is 4.42 Å². The van der Waals surface area contributed by atoms with Gasteiger partial charge in [-0.1, -0.05) is 29.8 Å². The van der Waals surface area contributed by atoms with E-state index >= 15 is 0 Å². The van der Waals surface area contributed by atoms with Gasteiger partial charge in [-0.3, -0.25) is 4.79 Å². The molecule has 0 aliphatic rings. The van der Waals surface area contributed by atoms with Crippen LogP contribution in [0.5, 0.6) is 5.75 Å². The zero-order chi connectivity index (χ0) is 18.1. The van der Waals surface area contributed by atoms with Crippen LogP contribution in [0.3, 0.4) is 0 Å². The van der Waals surface area contributed by atoms with E-state index in [0.29, 0.717) is 0 Å². The molecular weight excluding hydrogens is 349 g/mol. The number of rotatable bonds is 3. The summed E-state index contributed by atoms with van der Waals surface area (Å²) in [6.07, 6.45) is -3.11. The van der Waals surface area contributed by atoms with E-state index < -0.39 is 39.5 Å². The first-order valence-electron chi connectivity index (χ1n) is 6.53. The Morgan fingerprint density at radius 1 is 1.33 bits per heavy atom. The molecule has 2 rings (SSSR count). The number of benzene rings is 1. The molecule has 1 N–H and O–H groups in total. The Kier molecular flexibility index (Phi) is 4.84. The third-order valence-corrected chi connectivity index (χ3v) is 3.36. The van der Waals surface area contributed by atoms with Crippen LogP contribution in [0.2, 0.25) is 5.02 Å². The number of halogens is 4. The Hall–Kier alpha value is -2.54. The van der Waals surface area contributed by atoms with Crippen LogP contribution in [0.25, 0.3) is 6.08 Å². The summed E-state index contributed by atoms with van der Waals surface area (Å²) in [6, 6.07) is 4.54. The van der Waals surface area contributed by atoms with Gasteiger partial charge in [-0.05, 0) is 24.6 Å². The number of carbonyl (C=O) groups is 1. The molecule has 1 heterocycles. The van der Waals surface area contributed by atoms with Crippen LogP contribution in [0.1, 0.15) is 27.2 Å². The SMILES string of the molecule is Cc1cc(O)c(C(=O)/C=C/c2cccc(Cl)c2C(F)(F)F)c(=O)o1. The summed E-state index contributed by atoms with van der Waals surface area (Å²) in [6.45, 7) is 1.40. The first-order valence-corrected chi connectivity index (χ1v) is 6.91. The van der Waals surface area contributed by atoms with Crippen molar-refractivity contribution in [2.24, 2.45) is 0 Å². The summed E-state index contributed by atoms with van der Waals surface area (Å²) in [4.78, 5) is 23.6. The molecule has 8 heteroatoms. The summed E-state index contributed by atoms with van der Waals surface area (Å²) < 4.78 is 43.8. The van der Waals surface area contributed by atoms with Gasteiger partial charge in [0.25, 0.3) is 0 Å². The number of carbonyl (C=O) groups excluding carboxylic acids is 1. The number of aromatic hydroxyl groups is 1. The van der Waals surface area contributed by atoms with Crippen LogP contribution in [-0.4, -0.2) is 10.9 Å². The number of alkyl halides is 3. The average Bonchev–Trinajstić information content (AvgIpc) is 2.42. The van der Waals surface area contributed by atoms with Crippen LogP contribution in [-0.2, 0) is 6.18 Å². The molecule has 0 saturated heterocycles. The van der Waals surface area contributed by atoms with E-state index in [9.17, 15) is 27.9 Å². The van der Waals surface area contributed by atoms with Crippen molar-refractivity contribution in [3.05, 3.63) is 68.2 Å². The minimum atomic E-state index is -4.72. The molecule has 1 aromatic carbocycles. The maximum atomic E-state index is 13.0. The van der Waals surface area contributed by atoms with Gasteiger partial charge in [0.2, 0.25) is 0 Å². The Balaban J connectivity index is 2.45. The van der Waals surface area contributed by atoms with E-state index in [1.165, 1.54) is 13.0 Å². The largest absolute Gasteiger partial charge is 0.507 e. The molecule has 2 aromatic rings. The molecule has 0 fully saturated rings. The second-order valence-electron chi connectivity index (χ2n) is 4.80. The Bertz CT molecular complexity index is 882. The summed E-state index contributed by atoms with van der Waals surface area (Å²) >= 11 is 5.57. The number of allylic oxidation sites excluding steroid dienone is 1. The van der Waals surface area contributed by atoms with Gasteiger partial charge < -0.3 is 9.52 Å². The molecule has 0 atom stereocenters. The van der Waals surface area contributed by atoms with Crippen LogP contribution >= 0.6 is 11.6 Å². The molecule has 1 aromatic heterocycles. The van der Waals surface area contributed by atoms with E-state index in [-0.39, 0.29) is 11.3 Å². The molecule has 126 valence electrons. The van der Waals surface area contributed by atoms with Gasteiger partial charge in [0.1, 0.15) is 17.1 Å². The quantitative estimate of drug-likeness (QED) is 0.659. The Morgan fingerprint density at radius 3 is 2.58 bits per heavy atom. The van der Waals surface area contributed by atoms with Crippen molar-refractivity contribution in [2.75, 3.05) is 0 Å². The number of ketones is 1. The normalized spacial score (nSPS) is 11.9. The molecule has 0 spiro atoms. The molecular formula is C16H10ClF3O4. The predicted octanol–water partition coefficient (Wildman–Crippen LogP) is 4.22. The van der Waals surface area contributed by atoms with E-state index in [4.69, 9.17) is 11.6 Å². The first kappa shape index (κ1) is 17.8. The summed E-state index contributed by atoms with van der Waals surface area (Å²) in [5.74, 6) is -1.51. The number of aryl methyl sites for hydroxylation is 1. The molecule has 0 bridgehead atoms. The van der Waals surface area contributed by atoms with Crippen molar-refractivity contribution in [2.45, 2.75) is 13.1 Å². The lowest BCUT2D eigenvalue weighted by molar-refractivity contribution is -0.137. The van der Waals surface area contributed by atoms with E-state index in [1.807, 2.05) is 0 Å². The van der Waals surface area contributed by atoms with Crippen LogP contribution in [0.15, 0.2) is 39.6 Å². The zero-order valence-electron chi connectivity index (χ0n) is 12.1. The summed E-state index contributed by atoms with van der Waals surface area (Å²) in [7, 11) is 0. The van der Waals surface area contributed by atoms with Gasteiger partial charge in [0.05, 0.1) is 10.6 Å². The highest BCUT2D eigenvalue weighted by molar-refractivity contribution is 6.31. The van der Waals surface area contributed by atoms with E-state index in [1.54, 1.807) is 0 Å². The van der Waals surface area contributed by atoms with Gasteiger partial charge in [-0.25, -0.2) is 4.79 Å². The highest BCUT2D eigenvalue weighted by Gasteiger charge is 2.35. The molecule has 0 saturated carbocycles. The Morgan fingerprint density at radius 2 is 2.00 bits per heavy atom. The fourth-order valence-corrected chi connectivity index (χ4v) is 2.34. The predicted molar refractivity (Wildman–Crippen MR) is 81.2 cm³/mol. The topological polar surface area (TPSA) is 67.5 Å². The molecule has 24 heavy (non-hydrogen) atoms. The van der Waals surface area contributed by atoms with Crippen LogP contribution < -0.4 is 5.63 Å². The third-order valence-electron chi connectivity index (χ3n) is 3.04. The molecule has 4 nitrogen and oxygen atoms in total. The maximum Gasteiger partial charge on any atom is 0.418 e. The highest BCUT2D eigenvalue weighted by atomic mass is 35.5. The molecule has 0 aliphatic heterocycles. The highest BCUT2D eigenvalue weighted by Crippen LogP contribution is 2.37. The fraction of sp³-hybridized carbons (Fsp3) is 0.125. The van der Waals surface area contributed by atoms with Gasteiger partial charge in [-0.15, -0.1) is 0 Å². The van der Waals surface area contributed by atoms with Gasteiger partial charge in [0.15, 0.2) is 5.78 Å². The van der Waals surface area contributed by atoms with Crippen LogP contribution in [0.4, 0.5) is 13.2 Å². The van der Waals surface area contributed by atoms with Crippen molar-refractivity contribution < 1.29 is 27.5 Å². The first-order chi connectivity index (χ1) is 11.1. The minimum absolute atomic E-state index is 0.0900. The lowest BCUT2D eigenvalue weighted by atomic mass is 10.0. The smallest absolute Gasteiger partial charge is 0.418 e. The van der Waals surface area contributed by atoms with Gasteiger partial charge in [0, 0.05) is 6.07 Å². The van der Waals surface area contributed by atoms with Crippen LogP contribution in [0, 0.1) is 6.92 Å². The van der Waals surface area contributed by atoms with Crippen molar-refractivity contribution in [1.29, 1.82) is 0 Å². The zero-order valence-corrected chi connectivity index (χ0v) is 12.9. The Labute approximate surface area is 138 Å². The summed E-state index contributed by atoms with van der Waals surface area (Å²) in [5, 5.41) is 9.13. The molecule has 0 radical (unpaired) electrons. The second kappa shape index (κ2) is 6.52. The van der Waals surface area contributed by atoms with Crippen molar-refractivity contribution in [1.82, 2.24) is 0 Å². The lowest BCUT2D eigenvalue weighted by Gasteiger charge is -2.11.